The van der Waals surface area contributed by atoms with Crippen LogP contribution in [0.25, 0.3) is 0 Å². The maximum absolute atomic E-state index is 12.9. The van der Waals surface area contributed by atoms with Crippen LogP contribution in [0.15, 0.2) is 42.5 Å². The van der Waals surface area contributed by atoms with Gasteiger partial charge in [-0.25, -0.2) is 4.39 Å². The monoisotopic (exact) mass is 341 g/mol. The van der Waals surface area contributed by atoms with Crippen molar-refractivity contribution in [2.75, 3.05) is 6.61 Å². The van der Waals surface area contributed by atoms with Gasteiger partial charge in [0.1, 0.15) is 11.6 Å². The summed E-state index contributed by atoms with van der Waals surface area (Å²) in [6.45, 7) is 1.98. The lowest BCUT2D eigenvalue weighted by Crippen LogP contribution is -2.32. The molecule has 0 aromatic heterocycles. The lowest BCUT2D eigenvalue weighted by Gasteiger charge is -2.21. The van der Waals surface area contributed by atoms with Crippen LogP contribution in [0.1, 0.15) is 48.9 Å². The number of carbonyl (C=O) groups excluding carboxylic acids is 1. The number of halogens is 1. The number of ether oxygens (including phenoxy) is 1. The third-order valence-corrected chi connectivity index (χ3v) is 4.70. The molecule has 2 aromatic carbocycles. The topological polar surface area (TPSA) is 38.3 Å². The van der Waals surface area contributed by atoms with Crippen LogP contribution in [0.5, 0.6) is 5.75 Å². The van der Waals surface area contributed by atoms with E-state index >= 15 is 0 Å². The van der Waals surface area contributed by atoms with E-state index in [2.05, 4.69) is 30.4 Å². The number of hydrogen-bond acceptors (Lipinski definition) is 2. The molecule has 1 aliphatic carbocycles. The van der Waals surface area contributed by atoms with Crippen molar-refractivity contribution >= 4 is 5.91 Å². The van der Waals surface area contributed by atoms with Gasteiger partial charge < -0.3 is 10.1 Å². The van der Waals surface area contributed by atoms with E-state index in [-0.39, 0.29) is 24.4 Å². The SMILES string of the molecule is CC[C@@H](NC(=O)COc1ccc(F)cc1)c1ccc2c(c1)CCCC2. The molecule has 2 aromatic rings. The Morgan fingerprint density at radius 3 is 2.56 bits per heavy atom. The zero-order valence-electron chi connectivity index (χ0n) is 14.6. The molecule has 1 atom stereocenters. The second kappa shape index (κ2) is 8.15. The Hall–Kier alpha value is -2.36. The predicted octanol–water partition coefficient (Wildman–Crippen LogP) is 4.35. The molecule has 3 rings (SSSR count). The van der Waals surface area contributed by atoms with Crippen LogP contribution in [0.3, 0.4) is 0 Å². The van der Waals surface area contributed by atoms with Crippen molar-refractivity contribution in [3.8, 4) is 5.75 Å². The van der Waals surface area contributed by atoms with E-state index in [1.165, 1.54) is 48.2 Å². The van der Waals surface area contributed by atoms with E-state index in [9.17, 15) is 9.18 Å². The lowest BCUT2D eigenvalue weighted by atomic mass is 9.89. The van der Waals surface area contributed by atoms with Gasteiger partial charge >= 0.3 is 0 Å². The zero-order chi connectivity index (χ0) is 17.6. The van der Waals surface area contributed by atoms with Crippen LogP contribution in [-0.4, -0.2) is 12.5 Å². The Kier molecular flexibility index (Phi) is 5.69. The number of fused-ring (bicyclic) bond motifs is 1. The third kappa shape index (κ3) is 4.59. The molecule has 1 N–H and O–H groups in total. The summed E-state index contributed by atoms with van der Waals surface area (Å²) in [5.41, 5.74) is 4.01. The molecule has 1 amide bonds. The average Bonchev–Trinajstić information content (AvgIpc) is 2.65. The molecule has 3 nitrogen and oxygen atoms in total. The van der Waals surface area contributed by atoms with Crippen molar-refractivity contribution in [2.45, 2.75) is 45.1 Å². The van der Waals surface area contributed by atoms with Crippen molar-refractivity contribution in [3.63, 3.8) is 0 Å². The fourth-order valence-electron chi connectivity index (χ4n) is 3.31. The van der Waals surface area contributed by atoms with Crippen LogP contribution >= 0.6 is 0 Å². The van der Waals surface area contributed by atoms with E-state index in [1.807, 2.05) is 0 Å². The summed E-state index contributed by atoms with van der Waals surface area (Å²) in [7, 11) is 0. The highest BCUT2D eigenvalue weighted by molar-refractivity contribution is 5.78. The number of carbonyl (C=O) groups is 1. The summed E-state index contributed by atoms with van der Waals surface area (Å²) in [6, 6.07) is 12.2. The molecule has 1 aliphatic rings. The molecule has 0 saturated carbocycles. The molecule has 0 radical (unpaired) electrons. The zero-order valence-corrected chi connectivity index (χ0v) is 14.6. The molecular weight excluding hydrogens is 317 g/mol. The first-order chi connectivity index (χ1) is 12.2. The first-order valence-corrected chi connectivity index (χ1v) is 8.95. The van der Waals surface area contributed by atoms with Crippen LogP contribution in [0, 0.1) is 5.82 Å². The second-order valence-corrected chi connectivity index (χ2v) is 6.51. The van der Waals surface area contributed by atoms with Crippen molar-refractivity contribution in [2.24, 2.45) is 0 Å². The Morgan fingerprint density at radius 2 is 1.84 bits per heavy atom. The quantitative estimate of drug-likeness (QED) is 0.848. The first-order valence-electron chi connectivity index (χ1n) is 8.95. The van der Waals surface area contributed by atoms with Crippen molar-refractivity contribution in [1.82, 2.24) is 5.32 Å². The summed E-state index contributed by atoms with van der Waals surface area (Å²) in [4.78, 5) is 12.2. The summed E-state index contributed by atoms with van der Waals surface area (Å²) < 4.78 is 18.3. The molecule has 132 valence electrons. The highest BCUT2D eigenvalue weighted by atomic mass is 19.1. The van der Waals surface area contributed by atoms with Gasteiger partial charge in [-0.2, -0.15) is 0 Å². The van der Waals surface area contributed by atoms with E-state index in [1.54, 1.807) is 0 Å². The predicted molar refractivity (Wildman–Crippen MR) is 96.2 cm³/mol. The molecule has 0 unspecified atom stereocenters. The Morgan fingerprint density at radius 1 is 1.12 bits per heavy atom. The number of benzene rings is 2. The van der Waals surface area contributed by atoms with E-state index in [0.29, 0.717) is 5.75 Å². The Bertz CT molecular complexity index is 727. The Labute approximate surface area is 148 Å². The first kappa shape index (κ1) is 17.5. The van der Waals surface area contributed by atoms with E-state index in [4.69, 9.17) is 4.74 Å². The molecule has 0 saturated heterocycles. The summed E-state index contributed by atoms with van der Waals surface area (Å²) >= 11 is 0. The van der Waals surface area contributed by atoms with Crippen LogP contribution in [0.2, 0.25) is 0 Å². The van der Waals surface area contributed by atoms with E-state index in [0.717, 1.165) is 24.8 Å². The summed E-state index contributed by atoms with van der Waals surface area (Å²) in [5, 5.41) is 3.03. The standard InChI is InChI=1S/C21H24FNO2/c1-2-20(17-8-7-15-5-3-4-6-16(15)13-17)23-21(24)14-25-19-11-9-18(22)10-12-19/h7-13,20H,2-6,14H2,1H3,(H,23,24)/t20-/m1/s1. The molecule has 0 bridgehead atoms. The van der Waals surface area contributed by atoms with Crippen LogP contribution in [-0.2, 0) is 17.6 Å². The number of hydrogen-bond donors (Lipinski definition) is 1. The molecule has 0 aliphatic heterocycles. The maximum atomic E-state index is 12.9. The highest BCUT2D eigenvalue weighted by Gasteiger charge is 2.16. The summed E-state index contributed by atoms with van der Waals surface area (Å²) in [6.07, 6.45) is 5.61. The average molecular weight is 341 g/mol. The van der Waals surface area contributed by atoms with Crippen molar-refractivity contribution in [1.29, 1.82) is 0 Å². The van der Waals surface area contributed by atoms with Crippen LogP contribution < -0.4 is 10.1 Å². The van der Waals surface area contributed by atoms with Gasteiger partial charge in [0.15, 0.2) is 6.61 Å². The fraction of sp³-hybridized carbons (Fsp3) is 0.381. The largest absolute Gasteiger partial charge is 0.484 e. The van der Waals surface area contributed by atoms with Gasteiger partial charge in [0, 0.05) is 0 Å². The lowest BCUT2D eigenvalue weighted by molar-refractivity contribution is -0.123. The molecule has 0 heterocycles. The smallest absolute Gasteiger partial charge is 0.258 e. The van der Waals surface area contributed by atoms with Crippen LogP contribution in [0.4, 0.5) is 4.39 Å². The molecule has 0 spiro atoms. The highest BCUT2D eigenvalue weighted by Crippen LogP contribution is 2.26. The van der Waals surface area contributed by atoms with Crippen molar-refractivity contribution < 1.29 is 13.9 Å². The van der Waals surface area contributed by atoms with Gasteiger partial charge in [-0.05, 0) is 73.1 Å². The minimum Gasteiger partial charge on any atom is -0.484 e. The van der Waals surface area contributed by atoms with Gasteiger partial charge in [0.05, 0.1) is 6.04 Å². The van der Waals surface area contributed by atoms with Gasteiger partial charge in [-0.1, -0.05) is 25.1 Å². The summed E-state index contributed by atoms with van der Waals surface area (Å²) in [5.74, 6) is -0.0115. The molecule has 25 heavy (non-hydrogen) atoms. The number of aryl methyl sites for hydroxylation is 2. The molecule has 0 fully saturated rings. The fourth-order valence-corrected chi connectivity index (χ4v) is 3.31. The number of amides is 1. The third-order valence-electron chi connectivity index (χ3n) is 4.70. The minimum absolute atomic E-state index is 0.0171. The Balaban J connectivity index is 1.59. The van der Waals surface area contributed by atoms with Gasteiger partial charge in [0.2, 0.25) is 0 Å². The van der Waals surface area contributed by atoms with Crippen molar-refractivity contribution in [3.05, 3.63) is 65.0 Å². The second-order valence-electron chi connectivity index (χ2n) is 6.51. The molecule has 4 heteroatoms. The maximum Gasteiger partial charge on any atom is 0.258 e. The number of nitrogens with one attached hydrogen (secondary N) is 1. The van der Waals surface area contributed by atoms with Gasteiger partial charge in [-0.15, -0.1) is 0 Å². The van der Waals surface area contributed by atoms with Gasteiger partial charge in [-0.3, -0.25) is 4.79 Å². The molecular formula is C21H24FNO2. The normalized spacial score (nSPS) is 14.5. The van der Waals surface area contributed by atoms with E-state index < -0.39 is 0 Å². The minimum atomic E-state index is -0.324. The van der Waals surface area contributed by atoms with Gasteiger partial charge in [0.25, 0.3) is 5.91 Å². The number of rotatable bonds is 6.